The molecule has 2 heteroatoms. The minimum Gasteiger partial charge on any atom is -0.397 e. The number of nitrogens with two attached hydrogens (primary N) is 2. The SMILES string of the molecule is CCC(C)c1cc(N)c(N)c(C(C)CC)c1. The highest BCUT2D eigenvalue weighted by Gasteiger charge is 2.13. The lowest BCUT2D eigenvalue weighted by atomic mass is 9.90. The molecule has 4 N–H and O–H groups in total. The van der Waals surface area contributed by atoms with Crippen LogP contribution in [0.2, 0.25) is 0 Å². The molecule has 1 rings (SSSR count). The monoisotopic (exact) mass is 220 g/mol. The highest BCUT2D eigenvalue weighted by atomic mass is 14.7. The molecule has 2 unspecified atom stereocenters. The van der Waals surface area contributed by atoms with Crippen LogP contribution in [0.15, 0.2) is 12.1 Å². The van der Waals surface area contributed by atoms with Gasteiger partial charge in [0, 0.05) is 0 Å². The molecule has 0 saturated carbocycles. The van der Waals surface area contributed by atoms with Gasteiger partial charge < -0.3 is 11.5 Å². The Labute approximate surface area is 99.0 Å². The second-order valence-electron chi connectivity index (χ2n) is 4.73. The average Bonchev–Trinajstić information content (AvgIpc) is 2.30. The van der Waals surface area contributed by atoms with Crippen molar-refractivity contribution in [3.05, 3.63) is 23.3 Å². The summed E-state index contributed by atoms with van der Waals surface area (Å²) in [6.07, 6.45) is 2.22. The molecule has 0 aliphatic heterocycles. The van der Waals surface area contributed by atoms with E-state index in [0.29, 0.717) is 11.8 Å². The fourth-order valence-electron chi connectivity index (χ4n) is 1.87. The summed E-state index contributed by atoms with van der Waals surface area (Å²) in [5.74, 6) is 1.03. The molecule has 0 spiro atoms. The molecular formula is C14H24N2. The maximum atomic E-state index is 6.04. The van der Waals surface area contributed by atoms with Crippen molar-refractivity contribution in [3.63, 3.8) is 0 Å². The van der Waals surface area contributed by atoms with Crippen molar-refractivity contribution in [2.24, 2.45) is 0 Å². The Morgan fingerprint density at radius 1 is 1.00 bits per heavy atom. The van der Waals surface area contributed by atoms with E-state index in [2.05, 4.69) is 33.8 Å². The molecule has 0 heterocycles. The van der Waals surface area contributed by atoms with E-state index in [4.69, 9.17) is 11.5 Å². The zero-order valence-electron chi connectivity index (χ0n) is 10.9. The van der Waals surface area contributed by atoms with Crippen LogP contribution in [0.3, 0.4) is 0 Å². The molecule has 0 radical (unpaired) electrons. The molecule has 0 aliphatic carbocycles. The Morgan fingerprint density at radius 3 is 2.06 bits per heavy atom. The van der Waals surface area contributed by atoms with Crippen LogP contribution in [0, 0.1) is 0 Å². The number of rotatable bonds is 4. The molecule has 0 aromatic heterocycles. The number of nitrogen functional groups attached to an aromatic ring is 2. The van der Waals surface area contributed by atoms with Crippen molar-refractivity contribution in [2.45, 2.75) is 52.4 Å². The summed E-state index contributed by atoms with van der Waals surface area (Å²) in [5, 5.41) is 0. The van der Waals surface area contributed by atoms with E-state index in [-0.39, 0.29) is 0 Å². The Hall–Kier alpha value is -1.18. The van der Waals surface area contributed by atoms with Crippen molar-refractivity contribution >= 4 is 11.4 Å². The summed E-state index contributed by atoms with van der Waals surface area (Å²) in [6.45, 7) is 8.80. The third-order valence-corrected chi connectivity index (χ3v) is 3.59. The van der Waals surface area contributed by atoms with Gasteiger partial charge in [0.15, 0.2) is 0 Å². The average molecular weight is 220 g/mol. The third-order valence-electron chi connectivity index (χ3n) is 3.59. The molecular weight excluding hydrogens is 196 g/mol. The summed E-state index contributed by atoms with van der Waals surface area (Å²) in [6, 6.07) is 4.25. The van der Waals surface area contributed by atoms with Gasteiger partial charge in [0.1, 0.15) is 0 Å². The molecule has 16 heavy (non-hydrogen) atoms. The van der Waals surface area contributed by atoms with E-state index >= 15 is 0 Å². The van der Waals surface area contributed by atoms with E-state index in [0.717, 1.165) is 24.2 Å². The molecule has 0 aliphatic rings. The second kappa shape index (κ2) is 5.24. The largest absolute Gasteiger partial charge is 0.397 e. The standard InChI is InChI=1S/C14H24N2/c1-5-9(3)11-7-12(10(4)6-2)14(16)13(15)8-11/h7-10H,5-6,15-16H2,1-4H3. The smallest absolute Gasteiger partial charge is 0.0583 e. The minimum atomic E-state index is 0.478. The van der Waals surface area contributed by atoms with Gasteiger partial charge in [-0.2, -0.15) is 0 Å². The highest BCUT2D eigenvalue weighted by Crippen LogP contribution is 2.33. The van der Waals surface area contributed by atoms with Gasteiger partial charge in [-0.1, -0.05) is 33.8 Å². The number of benzene rings is 1. The first-order chi connectivity index (χ1) is 7.51. The first kappa shape index (κ1) is 12.9. The lowest BCUT2D eigenvalue weighted by Crippen LogP contribution is -2.05. The number of anilines is 2. The van der Waals surface area contributed by atoms with Gasteiger partial charge in [0.25, 0.3) is 0 Å². The second-order valence-corrected chi connectivity index (χ2v) is 4.73. The molecule has 1 aromatic carbocycles. The van der Waals surface area contributed by atoms with Crippen LogP contribution in [-0.4, -0.2) is 0 Å². The Bertz CT molecular complexity index is 358. The molecule has 0 fully saturated rings. The van der Waals surface area contributed by atoms with Gasteiger partial charge >= 0.3 is 0 Å². The van der Waals surface area contributed by atoms with Crippen molar-refractivity contribution in [1.29, 1.82) is 0 Å². The van der Waals surface area contributed by atoms with Crippen molar-refractivity contribution in [2.75, 3.05) is 11.5 Å². The van der Waals surface area contributed by atoms with Gasteiger partial charge in [-0.3, -0.25) is 0 Å². The molecule has 0 bridgehead atoms. The minimum absolute atomic E-state index is 0.478. The maximum absolute atomic E-state index is 6.04. The predicted octanol–water partition coefficient (Wildman–Crippen LogP) is 3.88. The zero-order chi connectivity index (χ0) is 12.3. The Morgan fingerprint density at radius 2 is 1.56 bits per heavy atom. The van der Waals surface area contributed by atoms with E-state index in [1.807, 2.05) is 6.07 Å². The van der Waals surface area contributed by atoms with E-state index in [1.54, 1.807) is 0 Å². The number of hydrogen-bond acceptors (Lipinski definition) is 2. The van der Waals surface area contributed by atoms with Crippen LogP contribution in [-0.2, 0) is 0 Å². The van der Waals surface area contributed by atoms with Crippen LogP contribution in [0.1, 0.15) is 63.5 Å². The number of hydrogen-bond donors (Lipinski definition) is 2. The lowest BCUT2D eigenvalue weighted by molar-refractivity contribution is 0.713. The Kier molecular flexibility index (Phi) is 4.22. The van der Waals surface area contributed by atoms with E-state index in [9.17, 15) is 0 Å². The summed E-state index contributed by atoms with van der Waals surface area (Å²) < 4.78 is 0. The van der Waals surface area contributed by atoms with Gasteiger partial charge in [-0.25, -0.2) is 0 Å². The van der Waals surface area contributed by atoms with Gasteiger partial charge in [0.2, 0.25) is 0 Å². The molecule has 0 saturated heterocycles. The highest BCUT2D eigenvalue weighted by molar-refractivity contribution is 5.69. The van der Waals surface area contributed by atoms with Crippen molar-refractivity contribution in [3.8, 4) is 0 Å². The van der Waals surface area contributed by atoms with Gasteiger partial charge in [-0.05, 0) is 41.9 Å². The lowest BCUT2D eigenvalue weighted by Gasteiger charge is -2.18. The van der Waals surface area contributed by atoms with Crippen molar-refractivity contribution in [1.82, 2.24) is 0 Å². The first-order valence-electron chi connectivity index (χ1n) is 6.19. The molecule has 2 atom stereocenters. The normalized spacial score (nSPS) is 14.8. The van der Waals surface area contributed by atoms with E-state index < -0.39 is 0 Å². The van der Waals surface area contributed by atoms with Crippen LogP contribution < -0.4 is 11.5 Å². The quantitative estimate of drug-likeness (QED) is 0.757. The maximum Gasteiger partial charge on any atom is 0.0583 e. The molecule has 1 aromatic rings. The van der Waals surface area contributed by atoms with E-state index in [1.165, 1.54) is 11.1 Å². The predicted molar refractivity (Wildman–Crippen MR) is 72.7 cm³/mol. The molecule has 0 amide bonds. The van der Waals surface area contributed by atoms with Crippen LogP contribution >= 0.6 is 0 Å². The first-order valence-corrected chi connectivity index (χ1v) is 6.19. The van der Waals surface area contributed by atoms with Crippen LogP contribution in [0.4, 0.5) is 11.4 Å². The van der Waals surface area contributed by atoms with Gasteiger partial charge in [-0.15, -0.1) is 0 Å². The molecule has 90 valence electrons. The fraction of sp³-hybridized carbons (Fsp3) is 0.571. The molecule has 2 nitrogen and oxygen atoms in total. The van der Waals surface area contributed by atoms with Crippen molar-refractivity contribution < 1.29 is 0 Å². The Balaban J connectivity index is 3.21. The summed E-state index contributed by atoms with van der Waals surface area (Å²) in [7, 11) is 0. The van der Waals surface area contributed by atoms with Crippen LogP contribution in [0.5, 0.6) is 0 Å². The zero-order valence-corrected chi connectivity index (χ0v) is 10.9. The van der Waals surface area contributed by atoms with Gasteiger partial charge in [0.05, 0.1) is 11.4 Å². The third kappa shape index (κ3) is 2.49. The topological polar surface area (TPSA) is 52.0 Å². The fourth-order valence-corrected chi connectivity index (χ4v) is 1.87. The van der Waals surface area contributed by atoms with Crippen LogP contribution in [0.25, 0.3) is 0 Å². The summed E-state index contributed by atoms with van der Waals surface area (Å²) in [4.78, 5) is 0. The summed E-state index contributed by atoms with van der Waals surface area (Å²) in [5.41, 5.74) is 16.0. The summed E-state index contributed by atoms with van der Waals surface area (Å²) >= 11 is 0.